The first-order chi connectivity index (χ1) is 7.79. The molecule has 16 heavy (non-hydrogen) atoms. The Morgan fingerprint density at radius 3 is 2.75 bits per heavy atom. The van der Waals surface area contributed by atoms with E-state index < -0.39 is 0 Å². The summed E-state index contributed by atoms with van der Waals surface area (Å²) in [5.74, 6) is 0.259. The lowest BCUT2D eigenvalue weighted by molar-refractivity contribution is 0.187. The number of thiophene rings is 1. The van der Waals surface area contributed by atoms with Crippen LogP contribution in [0.2, 0.25) is 0 Å². The highest BCUT2D eigenvalue weighted by atomic mass is 79.9. The van der Waals surface area contributed by atoms with Gasteiger partial charge in [-0.1, -0.05) is 0 Å². The number of hydrogen-bond donors (Lipinski definition) is 2. The van der Waals surface area contributed by atoms with Gasteiger partial charge in [0.1, 0.15) is 0 Å². The van der Waals surface area contributed by atoms with Crippen molar-refractivity contribution in [2.24, 2.45) is 0 Å². The molecule has 90 valence electrons. The Balaban J connectivity index is 1.94. The molecule has 2 heterocycles. The van der Waals surface area contributed by atoms with Crippen molar-refractivity contribution in [1.82, 2.24) is 10.2 Å². The number of hydrogen-bond acceptors (Lipinski definition) is 4. The van der Waals surface area contributed by atoms with Gasteiger partial charge in [0.2, 0.25) is 0 Å². The molecule has 1 unspecified atom stereocenters. The first-order valence-electron chi connectivity index (χ1n) is 5.59. The van der Waals surface area contributed by atoms with Crippen LogP contribution in [0.1, 0.15) is 10.8 Å². The lowest BCUT2D eigenvalue weighted by Crippen LogP contribution is -2.45. The predicted octanol–water partition coefficient (Wildman–Crippen LogP) is 1.49. The van der Waals surface area contributed by atoms with E-state index >= 15 is 0 Å². The second-order valence-corrected chi connectivity index (χ2v) is 6.57. The van der Waals surface area contributed by atoms with Gasteiger partial charge in [0.25, 0.3) is 0 Å². The Kier molecular flexibility index (Phi) is 4.79. The van der Waals surface area contributed by atoms with Crippen LogP contribution in [0.3, 0.4) is 0 Å². The Bertz CT molecular complexity index is 326. The van der Waals surface area contributed by atoms with Crippen LogP contribution in [0.15, 0.2) is 15.9 Å². The number of rotatable bonds is 4. The third-order valence-corrected chi connectivity index (χ3v) is 4.69. The van der Waals surface area contributed by atoms with Crippen molar-refractivity contribution in [1.29, 1.82) is 0 Å². The molecular weight excluding hydrogens is 288 g/mol. The van der Waals surface area contributed by atoms with E-state index in [4.69, 9.17) is 0 Å². The highest BCUT2D eigenvalue weighted by molar-refractivity contribution is 9.11. The average molecular weight is 305 g/mol. The smallest absolute Gasteiger partial charge is 0.0701 e. The van der Waals surface area contributed by atoms with Gasteiger partial charge in [-0.3, -0.25) is 0 Å². The Labute approximate surface area is 109 Å². The van der Waals surface area contributed by atoms with Crippen LogP contribution in [0, 0.1) is 0 Å². The van der Waals surface area contributed by atoms with Crippen molar-refractivity contribution in [2.75, 3.05) is 39.3 Å². The molecular formula is C11H17BrN2OS. The lowest BCUT2D eigenvalue weighted by Gasteiger charge is -2.29. The van der Waals surface area contributed by atoms with Gasteiger partial charge in [-0.25, -0.2) is 0 Å². The Morgan fingerprint density at radius 2 is 2.19 bits per heavy atom. The summed E-state index contributed by atoms with van der Waals surface area (Å²) in [5, 5.41) is 12.8. The van der Waals surface area contributed by atoms with Crippen molar-refractivity contribution in [3.8, 4) is 0 Å². The normalized spacial score (nSPS) is 19.9. The van der Waals surface area contributed by atoms with E-state index in [-0.39, 0.29) is 12.5 Å². The van der Waals surface area contributed by atoms with Crippen LogP contribution in [0.5, 0.6) is 0 Å². The molecule has 1 atom stereocenters. The fraction of sp³-hybridized carbons (Fsp3) is 0.636. The highest BCUT2D eigenvalue weighted by Gasteiger charge is 2.18. The Hall–Kier alpha value is 0.0600. The molecule has 0 spiro atoms. The van der Waals surface area contributed by atoms with Crippen LogP contribution < -0.4 is 5.32 Å². The summed E-state index contributed by atoms with van der Waals surface area (Å²) in [4.78, 5) is 3.69. The second-order valence-electron chi connectivity index (χ2n) is 4.07. The molecule has 0 aromatic carbocycles. The van der Waals surface area contributed by atoms with Gasteiger partial charge >= 0.3 is 0 Å². The summed E-state index contributed by atoms with van der Waals surface area (Å²) < 4.78 is 1.14. The molecule has 2 rings (SSSR count). The molecule has 1 fully saturated rings. The molecule has 2 N–H and O–H groups in total. The first-order valence-corrected chi connectivity index (χ1v) is 7.19. The molecule has 1 saturated heterocycles. The Morgan fingerprint density at radius 1 is 1.44 bits per heavy atom. The molecule has 0 aliphatic carbocycles. The van der Waals surface area contributed by atoms with Crippen molar-refractivity contribution >= 4 is 27.3 Å². The van der Waals surface area contributed by atoms with E-state index in [2.05, 4.69) is 38.3 Å². The van der Waals surface area contributed by atoms with Crippen LogP contribution in [-0.4, -0.2) is 49.3 Å². The number of nitrogens with one attached hydrogen (secondary N) is 1. The molecule has 1 aromatic heterocycles. The maximum atomic E-state index is 9.47. The summed E-state index contributed by atoms with van der Waals surface area (Å²) >= 11 is 5.19. The zero-order chi connectivity index (χ0) is 11.4. The number of piperazine rings is 1. The minimum absolute atomic E-state index is 0.233. The molecule has 1 aliphatic heterocycles. The van der Waals surface area contributed by atoms with Gasteiger partial charge in [-0.2, -0.15) is 0 Å². The van der Waals surface area contributed by atoms with Crippen LogP contribution >= 0.6 is 27.3 Å². The molecule has 1 aliphatic rings. The first kappa shape index (κ1) is 12.5. The fourth-order valence-electron chi connectivity index (χ4n) is 1.99. The number of nitrogens with zero attached hydrogens (tertiary/aromatic N) is 1. The van der Waals surface area contributed by atoms with Gasteiger partial charge in [-0.05, 0) is 28.1 Å². The zero-order valence-electron chi connectivity index (χ0n) is 9.16. The number of aliphatic hydroxyl groups excluding tert-OH is 1. The summed E-state index contributed by atoms with van der Waals surface area (Å²) in [5.41, 5.74) is 0. The van der Waals surface area contributed by atoms with Gasteiger partial charge in [-0.15, -0.1) is 11.3 Å². The molecule has 0 radical (unpaired) electrons. The highest BCUT2D eigenvalue weighted by Crippen LogP contribution is 2.29. The summed E-state index contributed by atoms with van der Waals surface area (Å²) in [6.07, 6.45) is 0. The van der Waals surface area contributed by atoms with E-state index in [1.165, 1.54) is 4.88 Å². The molecule has 5 heteroatoms. The minimum atomic E-state index is 0.233. The zero-order valence-corrected chi connectivity index (χ0v) is 11.6. The molecule has 1 aromatic rings. The number of halogens is 1. The predicted molar refractivity (Wildman–Crippen MR) is 71.2 cm³/mol. The maximum absolute atomic E-state index is 9.47. The van der Waals surface area contributed by atoms with Crippen LogP contribution in [0.25, 0.3) is 0 Å². The standard InChI is InChI=1S/C11H17BrN2OS/c12-11-2-1-10(16-11)9(8-15)7-14-5-3-13-4-6-14/h1-2,9,13,15H,3-8H2. The summed E-state index contributed by atoms with van der Waals surface area (Å²) in [6, 6.07) is 4.16. The largest absolute Gasteiger partial charge is 0.396 e. The van der Waals surface area contributed by atoms with Crippen molar-refractivity contribution in [3.05, 3.63) is 20.8 Å². The van der Waals surface area contributed by atoms with E-state index in [0.717, 1.165) is 36.5 Å². The fourth-order valence-corrected chi connectivity index (χ4v) is 3.50. The molecule has 0 bridgehead atoms. The quantitative estimate of drug-likeness (QED) is 0.885. The van der Waals surface area contributed by atoms with E-state index in [0.29, 0.717) is 0 Å². The topological polar surface area (TPSA) is 35.5 Å². The van der Waals surface area contributed by atoms with E-state index in [1.807, 2.05) is 0 Å². The summed E-state index contributed by atoms with van der Waals surface area (Å²) in [7, 11) is 0. The third-order valence-electron chi connectivity index (χ3n) is 2.90. The molecule has 0 saturated carbocycles. The van der Waals surface area contributed by atoms with Gasteiger partial charge in [0, 0.05) is 43.5 Å². The van der Waals surface area contributed by atoms with Crippen molar-refractivity contribution in [2.45, 2.75) is 5.92 Å². The maximum Gasteiger partial charge on any atom is 0.0701 e. The lowest BCUT2D eigenvalue weighted by atomic mass is 10.1. The average Bonchev–Trinajstić information content (AvgIpc) is 2.74. The van der Waals surface area contributed by atoms with E-state index in [9.17, 15) is 5.11 Å². The second kappa shape index (κ2) is 6.12. The van der Waals surface area contributed by atoms with E-state index in [1.54, 1.807) is 11.3 Å². The minimum Gasteiger partial charge on any atom is -0.396 e. The third kappa shape index (κ3) is 3.28. The molecule has 3 nitrogen and oxygen atoms in total. The van der Waals surface area contributed by atoms with Gasteiger partial charge in [0.05, 0.1) is 10.4 Å². The van der Waals surface area contributed by atoms with Crippen LogP contribution in [0.4, 0.5) is 0 Å². The monoisotopic (exact) mass is 304 g/mol. The summed E-state index contributed by atoms with van der Waals surface area (Å²) in [6.45, 7) is 5.49. The van der Waals surface area contributed by atoms with Crippen molar-refractivity contribution in [3.63, 3.8) is 0 Å². The van der Waals surface area contributed by atoms with Crippen molar-refractivity contribution < 1.29 is 5.11 Å². The van der Waals surface area contributed by atoms with Gasteiger partial charge in [0.15, 0.2) is 0 Å². The van der Waals surface area contributed by atoms with Crippen LogP contribution in [-0.2, 0) is 0 Å². The SMILES string of the molecule is OCC(CN1CCNCC1)c1ccc(Br)s1. The number of aliphatic hydroxyl groups is 1. The van der Waals surface area contributed by atoms with Gasteiger partial charge < -0.3 is 15.3 Å². The molecule has 0 amide bonds.